The highest BCUT2D eigenvalue weighted by molar-refractivity contribution is 7.79. The van der Waals surface area contributed by atoms with Crippen LogP contribution < -0.4 is 10.7 Å². The van der Waals surface area contributed by atoms with Gasteiger partial charge < -0.3 is 10.4 Å². The molecule has 3 rings (SSSR count). The van der Waals surface area contributed by atoms with Crippen molar-refractivity contribution in [1.82, 2.24) is 10.7 Å². The first-order chi connectivity index (χ1) is 11.0. The van der Waals surface area contributed by atoms with Crippen LogP contribution in [0.5, 0.6) is 0 Å². The molecular weight excluding hydrogens is 365 g/mol. The Bertz CT molecular complexity index is 680. The number of benzene rings is 1. The van der Waals surface area contributed by atoms with Crippen molar-refractivity contribution in [3.05, 3.63) is 34.9 Å². The lowest BCUT2D eigenvalue weighted by atomic mass is 9.88. The number of halogens is 2. The molecule has 1 saturated heterocycles. The maximum absolute atomic E-state index is 11.6. The van der Waals surface area contributed by atoms with Gasteiger partial charge in [0.2, 0.25) is 0 Å². The molecule has 2 aliphatic rings. The van der Waals surface area contributed by atoms with Gasteiger partial charge in [-0.2, -0.15) is 4.59 Å². The summed E-state index contributed by atoms with van der Waals surface area (Å²) in [5, 5.41) is 16.1. The van der Waals surface area contributed by atoms with Crippen molar-refractivity contribution in [2.24, 2.45) is 0 Å². The van der Waals surface area contributed by atoms with Gasteiger partial charge in [0, 0.05) is 23.7 Å². The largest absolute Gasteiger partial charge is 0.382 e. The molecule has 24 heavy (non-hydrogen) atoms. The summed E-state index contributed by atoms with van der Waals surface area (Å²) in [5.74, 6) is 0. The molecule has 1 aromatic rings. The fourth-order valence-electron chi connectivity index (χ4n) is 3.61. The molecule has 1 aliphatic heterocycles. The number of nitrogens with one attached hydrogen (secondary N) is 2. The average Bonchev–Trinajstić information content (AvgIpc) is 3.15. The van der Waals surface area contributed by atoms with Gasteiger partial charge in [-0.25, -0.2) is 0 Å². The summed E-state index contributed by atoms with van der Waals surface area (Å²) >= 11 is 18.6. The molecule has 4 nitrogen and oxygen atoms in total. The van der Waals surface area contributed by atoms with Crippen LogP contribution in [0.1, 0.15) is 32.3 Å². The van der Waals surface area contributed by atoms with Crippen molar-refractivity contribution in [1.29, 1.82) is 0 Å². The van der Waals surface area contributed by atoms with Crippen LogP contribution in [0, 0.1) is 0 Å². The van der Waals surface area contributed by atoms with Crippen molar-refractivity contribution >= 4 is 40.5 Å². The molecule has 1 heterocycles. The molecule has 0 spiro atoms. The van der Waals surface area contributed by atoms with Gasteiger partial charge in [-0.3, -0.25) is 0 Å². The summed E-state index contributed by atoms with van der Waals surface area (Å²) in [4.78, 5) is -0.628. The zero-order chi connectivity index (χ0) is 17.8. The predicted molar refractivity (Wildman–Crippen MR) is 102 cm³/mol. The minimum absolute atomic E-state index is 0.248. The van der Waals surface area contributed by atoms with Crippen molar-refractivity contribution < 1.29 is 9.70 Å². The molecule has 0 bridgehead atoms. The highest BCUT2D eigenvalue weighted by atomic mass is 35.5. The van der Waals surface area contributed by atoms with Gasteiger partial charge in [-0.1, -0.05) is 29.8 Å². The van der Waals surface area contributed by atoms with E-state index in [0.717, 1.165) is 18.4 Å². The van der Waals surface area contributed by atoms with Crippen LogP contribution in [-0.2, 0) is 6.42 Å². The number of likely N-dealkylation sites (N-methyl/N-ethyl adjacent to an activating group) is 1. The Morgan fingerprint density at radius 3 is 2.46 bits per heavy atom. The maximum atomic E-state index is 11.6. The van der Waals surface area contributed by atoms with Gasteiger partial charge >= 0.3 is 0 Å². The Balaban J connectivity index is 1.91. The van der Waals surface area contributed by atoms with Gasteiger partial charge in [-0.15, -0.1) is 17.0 Å². The number of rotatable bonds is 5. The second-order valence-corrected chi connectivity index (χ2v) is 9.30. The molecule has 0 aromatic heterocycles. The third-order valence-corrected chi connectivity index (χ3v) is 6.54. The molecule has 132 valence electrons. The molecule has 3 N–H and O–H groups in total. The van der Waals surface area contributed by atoms with Crippen LogP contribution in [0.3, 0.4) is 0 Å². The fraction of sp³-hybridized carbons (Fsp3) is 0.588. The monoisotopic (exact) mass is 388 g/mol. The van der Waals surface area contributed by atoms with Crippen molar-refractivity contribution in [2.45, 2.75) is 49.2 Å². The quantitative estimate of drug-likeness (QED) is 0.412. The minimum Gasteiger partial charge on any atom is -0.382 e. The zero-order valence-corrected chi connectivity index (χ0v) is 16.5. The van der Waals surface area contributed by atoms with Crippen LogP contribution in [0.15, 0.2) is 24.3 Å². The van der Waals surface area contributed by atoms with Crippen molar-refractivity contribution in [2.75, 3.05) is 13.6 Å². The third-order valence-electron chi connectivity index (χ3n) is 4.94. The zero-order valence-electron chi connectivity index (χ0n) is 14.2. The molecule has 0 radical (unpaired) electrons. The van der Waals surface area contributed by atoms with E-state index in [1.807, 2.05) is 45.2 Å². The van der Waals surface area contributed by atoms with E-state index < -0.39 is 10.5 Å². The number of nitrogens with zero attached hydrogens (tertiary/aromatic N) is 1. The van der Waals surface area contributed by atoms with Gasteiger partial charge in [0.15, 0.2) is 0 Å². The molecule has 2 atom stereocenters. The van der Waals surface area contributed by atoms with Crippen molar-refractivity contribution in [3.63, 3.8) is 0 Å². The Hall–Kier alpha value is -0.430. The number of hydrogen-bond acceptors (Lipinski definition) is 3. The molecule has 1 aliphatic carbocycles. The summed E-state index contributed by atoms with van der Waals surface area (Å²) in [7, 11) is 1.96. The van der Waals surface area contributed by atoms with Crippen LogP contribution in [0.2, 0.25) is 5.02 Å². The second kappa shape index (κ2) is 5.79. The summed E-state index contributed by atoms with van der Waals surface area (Å²) in [5.41, 5.74) is 2.90. The van der Waals surface area contributed by atoms with Crippen LogP contribution in [0.4, 0.5) is 0 Å². The SMILES string of the molecule is CC1(C)NC(=S)[N+](C)(CC(O)(Cc2ccccc2Cl)C2(Cl)CC2)N1. The van der Waals surface area contributed by atoms with E-state index in [1.54, 1.807) is 0 Å². The van der Waals surface area contributed by atoms with Crippen LogP contribution in [0.25, 0.3) is 0 Å². The third kappa shape index (κ3) is 3.30. The lowest BCUT2D eigenvalue weighted by Gasteiger charge is -2.39. The minimum atomic E-state index is -1.12. The first-order valence-electron chi connectivity index (χ1n) is 8.11. The molecule has 1 aromatic carbocycles. The Morgan fingerprint density at radius 1 is 1.33 bits per heavy atom. The van der Waals surface area contributed by atoms with Gasteiger partial charge in [0.05, 0.1) is 11.9 Å². The smallest absolute Gasteiger partial charge is 0.291 e. The lowest BCUT2D eigenvalue weighted by Crippen LogP contribution is -2.65. The predicted octanol–water partition coefficient (Wildman–Crippen LogP) is 2.96. The Labute approximate surface area is 158 Å². The summed E-state index contributed by atoms with van der Waals surface area (Å²) < 4.78 is 0.248. The molecule has 2 unspecified atom stereocenters. The lowest BCUT2D eigenvalue weighted by molar-refractivity contribution is -0.869. The molecular formula is C17H24Cl2N3OS+. The van der Waals surface area contributed by atoms with E-state index >= 15 is 0 Å². The van der Waals surface area contributed by atoms with E-state index in [2.05, 4.69) is 10.7 Å². The molecule has 1 saturated carbocycles. The normalized spacial score (nSPS) is 29.8. The summed E-state index contributed by atoms with van der Waals surface area (Å²) in [6, 6.07) is 7.59. The van der Waals surface area contributed by atoms with Gasteiger partial charge in [0.25, 0.3) is 5.11 Å². The second-order valence-electron chi connectivity index (χ2n) is 7.78. The first-order valence-corrected chi connectivity index (χ1v) is 9.28. The summed E-state index contributed by atoms with van der Waals surface area (Å²) in [6.07, 6.45) is 1.98. The number of thiocarbonyl (C=S) groups is 1. The number of alkyl halides is 1. The van der Waals surface area contributed by atoms with Crippen LogP contribution in [-0.4, -0.2) is 44.5 Å². The van der Waals surface area contributed by atoms with Crippen molar-refractivity contribution in [3.8, 4) is 0 Å². The van der Waals surface area contributed by atoms with E-state index in [0.29, 0.717) is 23.1 Å². The number of hydrogen-bond donors (Lipinski definition) is 3. The summed E-state index contributed by atoms with van der Waals surface area (Å²) in [6.45, 7) is 4.41. The van der Waals surface area contributed by atoms with Gasteiger partial charge in [0.1, 0.15) is 17.8 Å². The van der Waals surface area contributed by atoms with Crippen LogP contribution >= 0.6 is 35.4 Å². The van der Waals surface area contributed by atoms with E-state index in [4.69, 9.17) is 35.4 Å². The number of aliphatic hydroxyl groups is 1. The average molecular weight is 389 g/mol. The Morgan fingerprint density at radius 2 is 1.96 bits per heavy atom. The first kappa shape index (κ1) is 18.4. The van der Waals surface area contributed by atoms with E-state index in [9.17, 15) is 5.11 Å². The van der Waals surface area contributed by atoms with E-state index in [1.165, 1.54) is 0 Å². The maximum Gasteiger partial charge on any atom is 0.291 e. The fourth-order valence-corrected chi connectivity index (χ4v) is 4.40. The molecule has 0 amide bonds. The van der Waals surface area contributed by atoms with Gasteiger partial charge in [-0.05, 0) is 38.3 Å². The molecule has 7 heteroatoms. The topological polar surface area (TPSA) is 44.3 Å². The highest BCUT2D eigenvalue weighted by Crippen LogP contribution is 2.53. The highest BCUT2D eigenvalue weighted by Gasteiger charge is 2.63. The van der Waals surface area contributed by atoms with E-state index in [-0.39, 0.29) is 10.3 Å². The molecule has 2 fully saturated rings. The Kier molecular flexibility index (Phi) is 4.43. The standard InChI is InChI=1S/C17H23Cl2N3OS/c1-15(2)20-14(24)22(3,21-15)11-17(23,16(19)8-9-16)10-12-6-4-5-7-13(12)18/h4-7,21,23H,8-11H2,1-3H3/p+1. The number of quaternary nitrogens is 1.